The zero-order valence-electron chi connectivity index (χ0n) is 17.5. The maximum absolute atomic E-state index is 12.6. The zero-order chi connectivity index (χ0) is 22.0. The fraction of sp³-hybridized carbons (Fsp3) is 0.304. The molecule has 0 atom stereocenters. The summed E-state index contributed by atoms with van der Waals surface area (Å²) in [6.45, 7) is 7.45. The van der Waals surface area contributed by atoms with Gasteiger partial charge in [0.2, 0.25) is 0 Å². The van der Waals surface area contributed by atoms with Gasteiger partial charge in [-0.3, -0.25) is 0 Å². The van der Waals surface area contributed by atoms with Crippen LogP contribution in [0.1, 0.15) is 40.9 Å². The number of carbonyl (C=O) groups is 1. The number of aryl methyl sites for hydroxylation is 2. The molecule has 2 aromatic carbocycles. The summed E-state index contributed by atoms with van der Waals surface area (Å²) in [7, 11) is 1.47. The molecule has 3 rings (SSSR count). The molecule has 0 unspecified atom stereocenters. The summed E-state index contributed by atoms with van der Waals surface area (Å²) < 4.78 is 21.8. The van der Waals surface area contributed by atoms with E-state index in [0.29, 0.717) is 22.6 Å². The van der Waals surface area contributed by atoms with Crippen molar-refractivity contribution < 1.29 is 23.4 Å². The van der Waals surface area contributed by atoms with E-state index in [1.165, 1.54) is 25.3 Å². The Kier molecular flexibility index (Phi) is 6.37. The lowest BCUT2D eigenvalue weighted by atomic mass is 10.0. The Morgan fingerprint density at radius 2 is 1.90 bits per heavy atom. The number of hydrogen-bond donors (Lipinski definition) is 0. The first-order chi connectivity index (χ1) is 14.2. The van der Waals surface area contributed by atoms with E-state index in [1.54, 1.807) is 0 Å². The molecule has 0 spiro atoms. The third-order valence-corrected chi connectivity index (χ3v) is 4.98. The van der Waals surface area contributed by atoms with Gasteiger partial charge in [0.05, 0.1) is 23.8 Å². The van der Waals surface area contributed by atoms with Crippen LogP contribution in [0.15, 0.2) is 39.5 Å². The molecule has 0 bridgehead atoms. The minimum Gasteiger partial charge on any atom is -0.493 e. The maximum Gasteiger partial charge on any atom is 0.338 e. The minimum absolute atomic E-state index is 0.0897. The first-order valence-electron chi connectivity index (χ1n) is 9.45. The third-order valence-electron chi connectivity index (χ3n) is 4.69. The van der Waals surface area contributed by atoms with Gasteiger partial charge in [-0.25, -0.2) is 9.59 Å². The fourth-order valence-electron chi connectivity index (χ4n) is 3.06. The number of fused-ring (bicyclic) bond motifs is 1. The largest absolute Gasteiger partial charge is 0.493 e. The van der Waals surface area contributed by atoms with E-state index in [2.05, 4.69) is 0 Å². The lowest BCUT2D eigenvalue weighted by molar-refractivity contribution is 0.0473. The van der Waals surface area contributed by atoms with E-state index in [1.807, 2.05) is 39.8 Å². The van der Waals surface area contributed by atoms with Crippen molar-refractivity contribution >= 4 is 28.5 Å². The van der Waals surface area contributed by atoms with Crippen LogP contribution in [0.2, 0.25) is 5.02 Å². The molecule has 0 saturated carbocycles. The highest BCUT2D eigenvalue weighted by Gasteiger charge is 2.18. The number of rotatable bonds is 6. The van der Waals surface area contributed by atoms with Crippen molar-refractivity contribution in [2.45, 2.75) is 40.4 Å². The average Bonchev–Trinajstić information content (AvgIpc) is 2.70. The topological polar surface area (TPSA) is 75.0 Å². The molecule has 6 nitrogen and oxygen atoms in total. The zero-order valence-corrected chi connectivity index (χ0v) is 18.3. The van der Waals surface area contributed by atoms with Crippen molar-refractivity contribution in [3.05, 3.63) is 68.0 Å². The predicted octanol–water partition coefficient (Wildman–Crippen LogP) is 5.22. The number of hydrogen-bond acceptors (Lipinski definition) is 6. The molecule has 0 N–H and O–H groups in total. The monoisotopic (exact) mass is 430 g/mol. The van der Waals surface area contributed by atoms with Crippen LogP contribution in [-0.2, 0) is 11.3 Å². The Morgan fingerprint density at radius 1 is 1.17 bits per heavy atom. The number of benzene rings is 2. The SMILES string of the molecule is COc1cc(C(=O)OCc2cc(=O)oc3c(C)c(C)ccc23)cc(Cl)c1OC(C)C. The van der Waals surface area contributed by atoms with Crippen LogP contribution in [-0.4, -0.2) is 19.2 Å². The second-order valence-electron chi connectivity index (χ2n) is 7.21. The van der Waals surface area contributed by atoms with Crippen molar-refractivity contribution in [3.63, 3.8) is 0 Å². The lowest BCUT2D eigenvalue weighted by Gasteiger charge is -2.16. The molecule has 0 amide bonds. The van der Waals surface area contributed by atoms with Crippen LogP contribution in [0, 0.1) is 13.8 Å². The first kappa shape index (κ1) is 21.7. The molecule has 7 heteroatoms. The quantitative estimate of drug-likeness (QED) is 0.394. The van der Waals surface area contributed by atoms with Gasteiger partial charge in [0, 0.05) is 17.0 Å². The Hall–Kier alpha value is -2.99. The summed E-state index contributed by atoms with van der Waals surface area (Å²) in [6.07, 6.45) is -0.112. The van der Waals surface area contributed by atoms with Crippen molar-refractivity contribution in [1.82, 2.24) is 0 Å². The minimum atomic E-state index is -0.600. The van der Waals surface area contributed by atoms with Crippen LogP contribution >= 0.6 is 11.6 Å². The number of ether oxygens (including phenoxy) is 3. The summed E-state index contributed by atoms with van der Waals surface area (Å²) in [5, 5.41) is 0.966. The molecule has 0 aliphatic carbocycles. The van der Waals surface area contributed by atoms with E-state index >= 15 is 0 Å². The molecular formula is C23H23ClO6. The third kappa shape index (κ3) is 4.44. The van der Waals surface area contributed by atoms with Gasteiger partial charge in [-0.1, -0.05) is 23.7 Å². The summed E-state index contributed by atoms with van der Waals surface area (Å²) in [6, 6.07) is 8.09. The van der Waals surface area contributed by atoms with Crippen LogP contribution in [0.5, 0.6) is 11.5 Å². The smallest absolute Gasteiger partial charge is 0.338 e. The second-order valence-corrected chi connectivity index (χ2v) is 7.61. The van der Waals surface area contributed by atoms with Gasteiger partial charge in [-0.05, 0) is 51.0 Å². The second kappa shape index (κ2) is 8.79. The Labute approximate surface area is 179 Å². The molecule has 0 fully saturated rings. The standard InChI is InChI=1S/C23H23ClO6/c1-12(2)29-22-18(24)8-15(9-19(22)27-5)23(26)28-11-16-10-20(25)30-21-14(4)13(3)6-7-17(16)21/h6-10,12H,11H2,1-5H3. The molecule has 0 radical (unpaired) electrons. The van der Waals surface area contributed by atoms with Crippen LogP contribution in [0.25, 0.3) is 11.0 Å². The lowest BCUT2D eigenvalue weighted by Crippen LogP contribution is -2.10. The van der Waals surface area contributed by atoms with E-state index in [4.69, 9.17) is 30.2 Å². The van der Waals surface area contributed by atoms with Gasteiger partial charge in [0.1, 0.15) is 12.2 Å². The van der Waals surface area contributed by atoms with Crippen LogP contribution in [0.4, 0.5) is 0 Å². The maximum atomic E-state index is 12.6. The van der Waals surface area contributed by atoms with Crippen molar-refractivity contribution in [2.75, 3.05) is 7.11 Å². The summed E-state index contributed by atoms with van der Waals surface area (Å²) in [5.41, 5.74) is 2.65. The molecule has 3 aromatic rings. The molecule has 1 heterocycles. The number of esters is 1. The highest BCUT2D eigenvalue weighted by molar-refractivity contribution is 6.32. The van der Waals surface area contributed by atoms with E-state index in [0.717, 1.165) is 16.5 Å². The Morgan fingerprint density at radius 3 is 2.57 bits per heavy atom. The van der Waals surface area contributed by atoms with Gasteiger partial charge in [0.15, 0.2) is 11.5 Å². The van der Waals surface area contributed by atoms with E-state index in [-0.39, 0.29) is 23.3 Å². The van der Waals surface area contributed by atoms with Gasteiger partial charge in [0.25, 0.3) is 0 Å². The molecule has 158 valence electrons. The normalized spacial score (nSPS) is 11.0. The highest BCUT2D eigenvalue weighted by Crippen LogP contribution is 2.37. The molecule has 0 aliphatic rings. The first-order valence-corrected chi connectivity index (χ1v) is 9.83. The summed E-state index contributed by atoms with van der Waals surface area (Å²) in [5.74, 6) is 0.0970. The predicted molar refractivity (Wildman–Crippen MR) is 115 cm³/mol. The Balaban J connectivity index is 1.88. The Bertz CT molecular complexity index is 1160. The molecular weight excluding hydrogens is 408 g/mol. The van der Waals surface area contributed by atoms with Crippen LogP contribution in [0.3, 0.4) is 0 Å². The fourth-order valence-corrected chi connectivity index (χ4v) is 3.31. The number of halogens is 1. The molecule has 0 saturated heterocycles. The van der Waals surface area contributed by atoms with Gasteiger partial charge >= 0.3 is 11.6 Å². The van der Waals surface area contributed by atoms with E-state index in [9.17, 15) is 9.59 Å². The van der Waals surface area contributed by atoms with Gasteiger partial charge in [-0.15, -0.1) is 0 Å². The summed E-state index contributed by atoms with van der Waals surface area (Å²) >= 11 is 6.28. The summed E-state index contributed by atoms with van der Waals surface area (Å²) in [4.78, 5) is 24.6. The van der Waals surface area contributed by atoms with Crippen molar-refractivity contribution in [1.29, 1.82) is 0 Å². The average molecular weight is 431 g/mol. The van der Waals surface area contributed by atoms with E-state index < -0.39 is 11.6 Å². The number of carbonyl (C=O) groups excluding carboxylic acids is 1. The van der Waals surface area contributed by atoms with Crippen molar-refractivity contribution in [3.8, 4) is 11.5 Å². The molecule has 0 aliphatic heterocycles. The molecule has 1 aromatic heterocycles. The van der Waals surface area contributed by atoms with Gasteiger partial charge in [-0.2, -0.15) is 0 Å². The van der Waals surface area contributed by atoms with Crippen molar-refractivity contribution in [2.24, 2.45) is 0 Å². The van der Waals surface area contributed by atoms with Gasteiger partial charge < -0.3 is 18.6 Å². The molecule has 30 heavy (non-hydrogen) atoms. The number of methoxy groups -OCH3 is 1. The highest BCUT2D eigenvalue weighted by atomic mass is 35.5. The van der Waals surface area contributed by atoms with Crippen LogP contribution < -0.4 is 15.1 Å².